The van der Waals surface area contributed by atoms with Crippen molar-refractivity contribution in [3.63, 3.8) is 0 Å². The topological polar surface area (TPSA) is 38.3 Å². The van der Waals surface area contributed by atoms with Crippen LogP contribution in [0.4, 0.5) is 13.2 Å². The number of carbonyl (C=O) groups is 1. The van der Waals surface area contributed by atoms with E-state index in [4.69, 9.17) is 0 Å². The van der Waals surface area contributed by atoms with E-state index in [2.05, 4.69) is 10.1 Å². The van der Waals surface area contributed by atoms with Gasteiger partial charge in [-0.1, -0.05) is 24.3 Å². The molecule has 2 aromatic rings. The third kappa shape index (κ3) is 4.24. The number of rotatable bonds is 5. The molecule has 0 radical (unpaired) electrons. The van der Waals surface area contributed by atoms with Crippen molar-refractivity contribution in [2.45, 2.75) is 13.2 Å². The van der Waals surface area contributed by atoms with Gasteiger partial charge in [-0.05, 0) is 29.8 Å². The molecule has 2 rings (SSSR count). The quantitative estimate of drug-likeness (QED) is 0.918. The van der Waals surface area contributed by atoms with Gasteiger partial charge in [0.15, 0.2) is 0 Å². The van der Waals surface area contributed by atoms with Crippen LogP contribution in [0.25, 0.3) is 0 Å². The highest BCUT2D eigenvalue weighted by Gasteiger charge is 2.14. The molecule has 0 aromatic heterocycles. The van der Waals surface area contributed by atoms with Crippen molar-refractivity contribution in [3.05, 3.63) is 65.5 Å². The van der Waals surface area contributed by atoms with Crippen LogP contribution in [-0.4, -0.2) is 12.5 Å². The van der Waals surface area contributed by atoms with Crippen LogP contribution >= 0.6 is 0 Å². The van der Waals surface area contributed by atoms with Gasteiger partial charge >= 0.3 is 6.61 Å². The van der Waals surface area contributed by atoms with Crippen molar-refractivity contribution >= 4 is 5.91 Å². The third-order valence-electron chi connectivity index (χ3n) is 2.69. The molecule has 3 nitrogen and oxygen atoms in total. The average molecular weight is 295 g/mol. The molecular weight excluding hydrogens is 283 g/mol. The molecule has 21 heavy (non-hydrogen) atoms. The standard InChI is InChI=1S/C15H12F3NO2/c16-11-5-3-4-10(8-11)9-19-14(20)12-6-1-2-7-13(12)21-15(17)18/h1-8,15H,9H2,(H,19,20). The molecule has 0 aliphatic rings. The Kier molecular flexibility index (Phi) is 4.81. The lowest BCUT2D eigenvalue weighted by Crippen LogP contribution is -2.23. The molecule has 0 heterocycles. The van der Waals surface area contributed by atoms with Crippen molar-refractivity contribution in [1.29, 1.82) is 0 Å². The van der Waals surface area contributed by atoms with Gasteiger partial charge in [0.05, 0.1) is 5.56 Å². The number of nitrogens with one attached hydrogen (secondary N) is 1. The Bertz CT molecular complexity index is 632. The normalized spacial score (nSPS) is 10.5. The Hall–Kier alpha value is -2.50. The number of hydrogen-bond donors (Lipinski definition) is 1. The van der Waals surface area contributed by atoms with Gasteiger partial charge in [-0.2, -0.15) is 8.78 Å². The predicted molar refractivity (Wildman–Crippen MR) is 70.6 cm³/mol. The van der Waals surface area contributed by atoms with Gasteiger partial charge < -0.3 is 10.1 Å². The predicted octanol–water partition coefficient (Wildman–Crippen LogP) is 3.36. The molecule has 110 valence electrons. The highest BCUT2D eigenvalue weighted by Crippen LogP contribution is 2.20. The maximum Gasteiger partial charge on any atom is 0.387 e. The van der Waals surface area contributed by atoms with E-state index in [1.54, 1.807) is 6.07 Å². The summed E-state index contributed by atoms with van der Waals surface area (Å²) < 4.78 is 41.8. The first-order chi connectivity index (χ1) is 10.1. The highest BCUT2D eigenvalue weighted by atomic mass is 19.3. The first-order valence-electron chi connectivity index (χ1n) is 6.13. The van der Waals surface area contributed by atoms with Crippen molar-refractivity contribution in [1.82, 2.24) is 5.32 Å². The summed E-state index contributed by atoms with van der Waals surface area (Å²) >= 11 is 0. The molecule has 0 fully saturated rings. The molecule has 0 atom stereocenters. The Balaban J connectivity index is 2.07. The maximum absolute atomic E-state index is 13.0. The van der Waals surface area contributed by atoms with Crippen molar-refractivity contribution in [2.75, 3.05) is 0 Å². The summed E-state index contributed by atoms with van der Waals surface area (Å²) in [6, 6.07) is 11.4. The molecule has 6 heteroatoms. The van der Waals surface area contributed by atoms with E-state index < -0.39 is 18.3 Å². The number of hydrogen-bond acceptors (Lipinski definition) is 2. The number of halogens is 3. The van der Waals surface area contributed by atoms with Crippen molar-refractivity contribution in [2.24, 2.45) is 0 Å². The summed E-state index contributed by atoms with van der Waals surface area (Å²) in [6.45, 7) is -2.93. The molecule has 2 aromatic carbocycles. The molecule has 0 saturated heterocycles. The van der Waals surface area contributed by atoms with Crippen LogP contribution in [0.15, 0.2) is 48.5 Å². The molecule has 0 bridgehead atoms. The Morgan fingerprint density at radius 3 is 2.62 bits per heavy atom. The molecule has 0 aliphatic heterocycles. The number of para-hydroxylation sites is 1. The lowest BCUT2D eigenvalue weighted by atomic mass is 10.1. The molecular formula is C15H12F3NO2. The van der Waals surface area contributed by atoms with Crippen LogP contribution in [-0.2, 0) is 6.54 Å². The lowest BCUT2D eigenvalue weighted by molar-refractivity contribution is -0.0501. The third-order valence-corrected chi connectivity index (χ3v) is 2.69. The number of alkyl halides is 2. The van der Waals surface area contributed by atoms with Gasteiger partial charge in [0.2, 0.25) is 0 Å². The van der Waals surface area contributed by atoms with Crippen LogP contribution in [0.5, 0.6) is 5.75 Å². The van der Waals surface area contributed by atoms with E-state index in [-0.39, 0.29) is 17.9 Å². The minimum Gasteiger partial charge on any atom is -0.434 e. The Morgan fingerprint density at radius 1 is 1.14 bits per heavy atom. The zero-order valence-electron chi connectivity index (χ0n) is 10.9. The fourth-order valence-corrected chi connectivity index (χ4v) is 1.78. The smallest absolute Gasteiger partial charge is 0.387 e. The van der Waals surface area contributed by atoms with Gasteiger partial charge in [-0.3, -0.25) is 4.79 Å². The first kappa shape index (κ1) is 14.9. The zero-order valence-corrected chi connectivity index (χ0v) is 10.9. The second-order valence-electron chi connectivity index (χ2n) is 4.19. The van der Waals surface area contributed by atoms with E-state index in [1.165, 1.54) is 42.5 Å². The van der Waals surface area contributed by atoms with Crippen LogP contribution in [0.1, 0.15) is 15.9 Å². The second-order valence-corrected chi connectivity index (χ2v) is 4.19. The summed E-state index contributed by atoms with van der Waals surface area (Å²) in [4.78, 5) is 12.0. The van der Waals surface area contributed by atoms with Crippen LogP contribution < -0.4 is 10.1 Å². The van der Waals surface area contributed by atoms with Crippen LogP contribution in [0.2, 0.25) is 0 Å². The minimum atomic E-state index is -3.01. The maximum atomic E-state index is 13.0. The van der Waals surface area contributed by atoms with E-state index >= 15 is 0 Å². The molecule has 0 aliphatic carbocycles. The van der Waals surface area contributed by atoms with Gasteiger partial charge in [0, 0.05) is 6.54 Å². The molecule has 0 spiro atoms. The summed E-state index contributed by atoms with van der Waals surface area (Å²) in [6.07, 6.45) is 0. The number of benzene rings is 2. The van der Waals surface area contributed by atoms with E-state index in [0.29, 0.717) is 5.56 Å². The van der Waals surface area contributed by atoms with Gasteiger partial charge in [-0.25, -0.2) is 4.39 Å². The molecule has 0 saturated carbocycles. The van der Waals surface area contributed by atoms with Gasteiger partial charge in [0.1, 0.15) is 11.6 Å². The van der Waals surface area contributed by atoms with Crippen LogP contribution in [0.3, 0.4) is 0 Å². The van der Waals surface area contributed by atoms with E-state index in [1.807, 2.05) is 0 Å². The van der Waals surface area contributed by atoms with E-state index in [9.17, 15) is 18.0 Å². The second kappa shape index (κ2) is 6.78. The fraction of sp³-hybridized carbons (Fsp3) is 0.133. The first-order valence-corrected chi connectivity index (χ1v) is 6.13. The van der Waals surface area contributed by atoms with E-state index in [0.717, 1.165) is 0 Å². The molecule has 0 unspecified atom stereocenters. The summed E-state index contributed by atoms with van der Waals surface area (Å²) in [5.74, 6) is -1.19. The van der Waals surface area contributed by atoms with Crippen molar-refractivity contribution < 1.29 is 22.7 Å². The zero-order chi connectivity index (χ0) is 15.2. The summed E-state index contributed by atoms with van der Waals surface area (Å²) in [5.41, 5.74) is 0.560. The summed E-state index contributed by atoms with van der Waals surface area (Å²) in [7, 11) is 0. The SMILES string of the molecule is O=C(NCc1cccc(F)c1)c1ccccc1OC(F)F. The molecule has 1 amide bonds. The largest absolute Gasteiger partial charge is 0.434 e. The van der Waals surface area contributed by atoms with Crippen LogP contribution in [0, 0.1) is 5.82 Å². The summed E-state index contributed by atoms with van der Waals surface area (Å²) in [5, 5.41) is 2.53. The Morgan fingerprint density at radius 2 is 1.90 bits per heavy atom. The van der Waals surface area contributed by atoms with Crippen molar-refractivity contribution in [3.8, 4) is 5.75 Å². The lowest BCUT2D eigenvalue weighted by Gasteiger charge is -2.11. The van der Waals surface area contributed by atoms with Gasteiger partial charge in [-0.15, -0.1) is 0 Å². The Labute approximate surface area is 119 Å². The molecule has 1 N–H and O–H groups in total. The number of amides is 1. The van der Waals surface area contributed by atoms with Gasteiger partial charge in [0.25, 0.3) is 5.91 Å². The number of ether oxygens (including phenoxy) is 1. The average Bonchev–Trinajstić information content (AvgIpc) is 2.45. The monoisotopic (exact) mass is 295 g/mol. The minimum absolute atomic E-state index is 0.00537. The highest BCUT2D eigenvalue weighted by molar-refractivity contribution is 5.96. The number of carbonyl (C=O) groups excluding carboxylic acids is 1. The fourth-order valence-electron chi connectivity index (χ4n) is 1.78.